The standard InChI is InChI=1S/C24H29FN4O4S/c1-5-28-22-21(23(30)29(6-2)24(28)31)27(3)20(26-22)10-8-16-7-9-19(18(25)15-16)33-17-11-13-34(4,32)14-12-17/h7-10,15,17H,4-6,11-14H2,1-3H3/b10-8+. The predicted octanol–water partition coefficient (Wildman–Crippen LogP) is 2.50. The zero-order valence-corrected chi connectivity index (χ0v) is 20.4. The van der Waals surface area contributed by atoms with Crippen LogP contribution in [0, 0.1) is 5.82 Å². The van der Waals surface area contributed by atoms with Gasteiger partial charge in [-0.25, -0.2) is 14.2 Å². The van der Waals surface area contributed by atoms with Crippen molar-refractivity contribution in [3.8, 4) is 5.75 Å². The average Bonchev–Trinajstić information content (AvgIpc) is 3.12. The zero-order chi connectivity index (χ0) is 24.6. The lowest BCUT2D eigenvalue weighted by molar-refractivity contribution is 0.183. The molecular weight excluding hydrogens is 459 g/mol. The second-order valence-corrected chi connectivity index (χ2v) is 11.2. The van der Waals surface area contributed by atoms with Gasteiger partial charge in [-0.2, -0.15) is 0 Å². The zero-order valence-electron chi connectivity index (χ0n) is 19.6. The molecule has 0 spiro atoms. The Labute approximate surface area is 197 Å². The monoisotopic (exact) mass is 488 g/mol. The van der Waals surface area contributed by atoms with Crippen molar-refractivity contribution in [3.63, 3.8) is 0 Å². The highest BCUT2D eigenvalue weighted by Crippen LogP contribution is 2.24. The maximum Gasteiger partial charge on any atom is 0.332 e. The van der Waals surface area contributed by atoms with E-state index in [4.69, 9.17) is 4.74 Å². The number of imidazole rings is 1. The van der Waals surface area contributed by atoms with E-state index in [1.165, 1.54) is 15.2 Å². The number of halogens is 1. The number of aromatic nitrogens is 4. The van der Waals surface area contributed by atoms with E-state index in [2.05, 4.69) is 10.9 Å². The van der Waals surface area contributed by atoms with Crippen molar-refractivity contribution in [3.05, 3.63) is 56.2 Å². The Kier molecular flexibility index (Phi) is 6.53. The van der Waals surface area contributed by atoms with E-state index in [1.54, 1.807) is 42.8 Å². The minimum atomic E-state index is -2.02. The minimum absolute atomic E-state index is 0.162. The Morgan fingerprint density at radius 3 is 2.47 bits per heavy atom. The third-order valence-electron chi connectivity index (χ3n) is 6.21. The summed E-state index contributed by atoms with van der Waals surface area (Å²) in [6.45, 7) is 4.23. The quantitative estimate of drug-likeness (QED) is 0.498. The number of ether oxygens (including phenoxy) is 1. The van der Waals surface area contributed by atoms with Gasteiger partial charge in [-0.3, -0.25) is 18.1 Å². The first-order chi connectivity index (χ1) is 16.1. The molecule has 3 heterocycles. The van der Waals surface area contributed by atoms with Crippen LogP contribution in [-0.2, 0) is 29.7 Å². The van der Waals surface area contributed by atoms with Crippen molar-refractivity contribution in [1.29, 1.82) is 0 Å². The molecule has 0 amide bonds. The van der Waals surface area contributed by atoms with Gasteiger partial charge in [-0.15, -0.1) is 0 Å². The molecule has 0 bridgehead atoms. The first-order valence-corrected chi connectivity index (χ1v) is 13.4. The number of hydrogen-bond donors (Lipinski definition) is 0. The van der Waals surface area contributed by atoms with Crippen molar-refractivity contribution in [2.24, 2.45) is 7.05 Å². The first-order valence-electron chi connectivity index (χ1n) is 11.3. The Bertz CT molecular complexity index is 1480. The number of benzene rings is 1. The van der Waals surface area contributed by atoms with Crippen LogP contribution in [-0.4, -0.2) is 46.4 Å². The van der Waals surface area contributed by atoms with Crippen LogP contribution >= 0.6 is 0 Å². The molecule has 34 heavy (non-hydrogen) atoms. The summed E-state index contributed by atoms with van der Waals surface area (Å²) in [4.78, 5) is 29.9. The van der Waals surface area contributed by atoms with Gasteiger partial charge in [0.1, 0.15) is 11.9 Å². The van der Waals surface area contributed by atoms with Crippen LogP contribution in [0.2, 0.25) is 0 Å². The van der Waals surface area contributed by atoms with Gasteiger partial charge in [0, 0.05) is 31.6 Å². The van der Waals surface area contributed by atoms with Gasteiger partial charge in [-0.05, 0) is 65.9 Å². The molecule has 0 radical (unpaired) electrons. The molecule has 1 fully saturated rings. The number of aryl methyl sites for hydroxylation is 2. The van der Waals surface area contributed by atoms with Gasteiger partial charge < -0.3 is 9.30 Å². The smallest absolute Gasteiger partial charge is 0.332 e. The lowest BCUT2D eigenvalue weighted by Gasteiger charge is -2.25. The number of nitrogens with zero attached hydrogens (tertiary/aromatic N) is 4. The van der Waals surface area contributed by atoms with E-state index in [-0.39, 0.29) is 29.6 Å². The third kappa shape index (κ3) is 4.46. The number of hydrogen-bond acceptors (Lipinski definition) is 5. The van der Waals surface area contributed by atoms with Crippen molar-refractivity contribution in [2.45, 2.75) is 45.9 Å². The summed E-state index contributed by atoms with van der Waals surface area (Å²) < 4.78 is 36.8. The van der Waals surface area contributed by atoms with E-state index in [9.17, 15) is 18.2 Å². The lowest BCUT2D eigenvalue weighted by Crippen LogP contribution is -2.39. The van der Waals surface area contributed by atoms with E-state index in [0.29, 0.717) is 53.4 Å². The maximum absolute atomic E-state index is 14.7. The van der Waals surface area contributed by atoms with Crippen LogP contribution in [0.25, 0.3) is 23.3 Å². The second kappa shape index (κ2) is 9.25. The molecule has 0 aliphatic carbocycles. The van der Waals surface area contributed by atoms with Crippen LogP contribution in [0.1, 0.15) is 38.1 Å². The summed E-state index contributed by atoms with van der Waals surface area (Å²) >= 11 is 0. The molecule has 2 aromatic heterocycles. The summed E-state index contributed by atoms with van der Waals surface area (Å²) in [7, 11) is -0.301. The van der Waals surface area contributed by atoms with Crippen molar-refractivity contribution < 1.29 is 13.3 Å². The number of fused-ring (bicyclic) bond motifs is 1. The normalized spacial score (nSPS) is 20.9. The van der Waals surface area contributed by atoms with Gasteiger partial charge in [0.15, 0.2) is 22.7 Å². The molecule has 1 aliphatic rings. The average molecular weight is 489 g/mol. The molecule has 8 nitrogen and oxygen atoms in total. The number of rotatable bonds is 6. The van der Waals surface area contributed by atoms with Gasteiger partial charge in [0.05, 0.1) is 0 Å². The fraction of sp³-hybridized carbons (Fsp3) is 0.417. The molecule has 1 aromatic carbocycles. The summed E-state index contributed by atoms with van der Waals surface area (Å²) in [5.74, 6) is 4.88. The first kappa shape index (κ1) is 24.0. The van der Waals surface area contributed by atoms with E-state index in [0.717, 1.165) is 0 Å². The summed E-state index contributed by atoms with van der Waals surface area (Å²) in [5, 5.41) is 0. The minimum Gasteiger partial charge on any atom is -0.487 e. The summed E-state index contributed by atoms with van der Waals surface area (Å²) in [6, 6.07) is 4.68. The molecule has 0 atom stereocenters. The highest BCUT2D eigenvalue weighted by atomic mass is 32.2. The molecule has 10 heteroatoms. The van der Waals surface area contributed by atoms with E-state index < -0.39 is 15.3 Å². The van der Waals surface area contributed by atoms with Crippen molar-refractivity contribution >= 4 is 38.7 Å². The second-order valence-electron chi connectivity index (χ2n) is 8.49. The topological polar surface area (TPSA) is 88.1 Å². The Balaban J connectivity index is 1.60. The molecular formula is C24H29FN4O4S. The SMILES string of the molecule is C=S1(=O)CCC(Oc2ccc(/C=C/c3nc4c(c(=O)n(CC)c(=O)n4CC)n3C)cc2F)CC1. The Morgan fingerprint density at radius 1 is 1.18 bits per heavy atom. The van der Waals surface area contributed by atoms with Gasteiger partial charge in [-0.1, -0.05) is 12.1 Å². The fourth-order valence-electron chi connectivity index (χ4n) is 4.22. The molecule has 1 aliphatic heterocycles. The molecule has 0 saturated carbocycles. The van der Waals surface area contributed by atoms with Crippen molar-refractivity contribution in [2.75, 3.05) is 11.5 Å². The van der Waals surface area contributed by atoms with Crippen LogP contribution in [0.15, 0.2) is 27.8 Å². The molecule has 182 valence electrons. The van der Waals surface area contributed by atoms with Crippen LogP contribution in [0.3, 0.4) is 0 Å². The summed E-state index contributed by atoms with van der Waals surface area (Å²) in [5.41, 5.74) is 0.505. The summed E-state index contributed by atoms with van der Waals surface area (Å²) in [6.07, 6.45) is 4.40. The Morgan fingerprint density at radius 2 is 1.85 bits per heavy atom. The van der Waals surface area contributed by atoms with Gasteiger partial charge >= 0.3 is 5.69 Å². The lowest BCUT2D eigenvalue weighted by atomic mass is 10.1. The molecule has 4 rings (SSSR count). The predicted molar refractivity (Wildman–Crippen MR) is 135 cm³/mol. The van der Waals surface area contributed by atoms with Gasteiger partial charge in [0.25, 0.3) is 5.56 Å². The highest BCUT2D eigenvalue weighted by Gasteiger charge is 2.22. The molecule has 1 saturated heterocycles. The fourth-order valence-corrected chi connectivity index (χ4v) is 5.80. The maximum atomic E-state index is 14.7. The largest absolute Gasteiger partial charge is 0.487 e. The van der Waals surface area contributed by atoms with Crippen LogP contribution < -0.4 is 16.0 Å². The van der Waals surface area contributed by atoms with Crippen LogP contribution in [0.4, 0.5) is 4.39 Å². The molecule has 3 aromatic rings. The highest BCUT2D eigenvalue weighted by molar-refractivity contribution is 8.00. The molecule has 0 N–H and O–H groups in total. The van der Waals surface area contributed by atoms with Gasteiger partial charge in [0.2, 0.25) is 0 Å². The van der Waals surface area contributed by atoms with Crippen LogP contribution in [0.5, 0.6) is 5.75 Å². The van der Waals surface area contributed by atoms with E-state index in [1.807, 2.05) is 6.92 Å². The van der Waals surface area contributed by atoms with Crippen molar-refractivity contribution in [1.82, 2.24) is 18.7 Å². The third-order valence-corrected chi connectivity index (χ3v) is 8.17. The Hall–Kier alpha value is -3.14. The molecule has 0 unspecified atom stereocenters. The van der Waals surface area contributed by atoms with E-state index >= 15 is 0 Å².